The number of carbonyl (C=O) groups excluding carboxylic acids is 1. The van der Waals surface area contributed by atoms with Gasteiger partial charge in [0.1, 0.15) is 23.2 Å². The van der Waals surface area contributed by atoms with Gasteiger partial charge in [-0.05, 0) is 30.9 Å². The highest BCUT2D eigenvalue weighted by Crippen LogP contribution is 2.26. The highest BCUT2D eigenvalue weighted by atomic mass is 35.5. The normalized spacial score (nSPS) is 15.0. The topological polar surface area (TPSA) is 67.2 Å². The summed E-state index contributed by atoms with van der Waals surface area (Å²) in [6.45, 7) is 3.33. The fourth-order valence-corrected chi connectivity index (χ4v) is 3.27. The standard InChI is InChI=1S/C18H19ClF2N4O2/c1-11-2-4-24(5-3-11)15-9-22-25(18(27)17(15)19)10-16(26)23-14-7-12(20)6-13(21)8-14/h6-9,11H,2-5,10H2,1H3,(H,23,26). The van der Waals surface area contributed by atoms with Gasteiger partial charge in [-0.25, -0.2) is 13.5 Å². The Hall–Kier alpha value is -2.48. The van der Waals surface area contributed by atoms with Crippen molar-refractivity contribution >= 4 is 28.9 Å². The first-order valence-corrected chi connectivity index (χ1v) is 8.98. The number of hydrogen-bond acceptors (Lipinski definition) is 4. The fourth-order valence-electron chi connectivity index (χ4n) is 3.00. The molecule has 0 saturated carbocycles. The smallest absolute Gasteiger partial charge is 0.288 e. The molecule has 0 unspecified atom stereocenters. The van der Waals surface area contributed by atoms with Gasteiger partial charge in [-0.2, -0.15) is 5.10 Å². The maximum atomic E-state index is 13.2. The van der Waals surface area contributed by atoms with Crippen molar-refractivity contribution < 1.29 is 13.6 Å². The monoisotopic (exact) mass is 396 g/mol. The van der Waals surface area contributed by atoms with Crippen molar-refractivity contribution in [3.05, 3.63) is 51.4 Å². The second-order valence-corrected chi connectivity index (χ2v) is 7.06. The van der Waals surface area contributed by atoms with Crippen molar-refractivity contribution in [1.82, 2.24) is 9.78 Å². The van der Waals surface area contributed by atoms with Crippen molar-refractivity contribution in [3.63, 3.8) is 0 Å². The van der Waals surface area contributed by atoms with Crippen LogP contribution in [0.5, 0.6) is 0 Å². The van der Waals surface area contributed by atoms with Crippen LogP contribution in [0, 0.1) is 17.6 Å². The van der Waals surface area contributed by atoms with Crippen LogP contribution in [0.2, 0.25) is 5.02 Å². The van der Waals surface area contributed by atoms with Gasteiger partial charge >= 0.3 is 0 Å². The molecule has 2 heterocycles. The molecule has 1 N–H and O–H groups in total. The van der Waals surface area contributed by atoms with E-state index in [-0.39, 0.29) is 10.7 Å². The molecule has 1 saturated heterocycles. The SMILES string of the molecule is CC1CCN(c2cnn(CC(=O)Nc3cc(F)cc(F)c3)c(=O)c2Cl)CC1. The zero-order valence-corrected chi connectivity index (χ0v) is 15.5. The van der Waals surface area contributed by atoms with E-state index < -0.39 is 29.6 Å². The van der Waals surface area contributed by atoms with E-state index in [1.54, 1.807) is 0 Å². The van der Waals surface area contributed by atoms with Crippen molar-refractivity contribution in [2.75, 3.05) is 23.3 Å². The Morgan fingerprint density at radius 3 is 2.52 bits per heavy atom. The molecule has 27 heavy (non-hydrogen) atoms. The first-order chi connectivity index (χ1) is 12.8. The lowest BCUT2D eigenvalue weighted by Gasteiger charge is -2.32. The molecule has 1 amide bonds. The van der Waals surface area contributed by atoms with Crippen LogP contribution in [0.15, 0.2) is 29.2 Å². The Balaban J connectivity index is 1.72. The molecule has 1 fully saturated rings. The molecule has 1 aliphatic rings. The van der Waals surface area contributed by atoms with Crippen LogP contribution in [-0.2, 0) is 11.3 Å². The number of nitrogens with zero attached hydrogens (tertiary/aromatic N) is 3. The number of nitrogens with one attached hydrogen (secondary N) is 1. The number of carbonyl (C=O) groups is 1. The summed E-state index contributed by atoms with van der Waals surface area (Å²) < 4.78 is 27.3. The first kappa shape index (κ1) is 19.3. The van der Waals surface area contributed by atoms with Crippen molar-refractivity contribution in [3.8, 4) is 0 Å². The molecule has 9 heteroatoms. The summed E-state index contributed by atoms with van der Waals surface area (Å²) in [7, 11) is 0. The second kappa shape index (κ2) is 8.04. The van der Waals surface area contributed by atoms with E-state index in [0.717, 1.165) is 42.7 Å². The minimum absolute atomic E-state index is 0.00385. The molecule has 1 aromatic heterocycles. The quantitative estimate of drug-likeness (QED) is 0.862. The lowest BCUT2D eigenvalue weighted by molar-refractivity contribution is -0.117. The largest absolute Gasteiger partial charge is 0.369 e. The molecule has 0 radical (unpaired) electrons. The van der Waals surface area contributed by atoms with Crippen LogP contribution >= 0.6 is 11.6 Å². The molecule has 3 rings (SSSR count). The maximum Gasteiger partial charge on any atom is 0.288 e. The van der Waals surface area contributed by atoms with Crippen LogP contribution in [-0.4, -0.2) is 28.8 Å². The third-order valence-corrected chi connectivity index (χ3v) is 4.89. The minimum Gasteiger partial charge on any atom is -0.369 e. The van der Waals surface area contributed by atoms with Crippen molar-refractivity contribution in [2.24, 2.45) is 5.92 Å². The van der Waals surface area contributed by atoms with E-state index in [0.29, 0.717) is 17.7 Å². The van der Waals surface area contributed by atoms with E-state index in [1.807, 2.05) is 4.90 Å². The molecular formula is C18H19ClF2N4O2. The third-order valence-electron chi connectivity index (χ3n) is 4.53. The average molecular weight is 397 g/mol. The van der Waals surface area contributed by atoms with Crippen molar-refractivity contribution in [1.29, 1.82) is 0 Å². The highest BCUT2D eigenvalue weighted by Gasteiger charge is 2.21. The third kappa shape index (κ3) is 4.63. The predicted octanol–water partition coefficient (Wildman–Crippen LogP) is 3.05. The summed E-state index contributed by atoms with van der Waals surface area (Å²) in [5.41, 5.74) is -0.0820. The fraction of sp³-hybridized carbons (Fsp3) is 0.389. The van der Waals surface area contributed by atoms with E-state index in [9.17, 15) is 18.4 Å². The molecule has 144 valence electrons. The number of halogens is 3. The van der Waals surface area contributed by atoms with Crippen LogP contribution < -0.4 is 15.8 Å². The molecule has 0 bridgehead atoms. The van der Waals surface area contributed by atoms with Crippen molar-refractivity contribution in [2.45, 2.75) is 26.3 Å². The Bertz CT molecular complexity index is 890. The zero-order valence-electron chi connectivity index (χ0n) is 14.7. The number of piperidine rings is 1. The van der Waals surface area contributed by atoms with Crippen LogP contribution in [0.3, 0.4) is 0 Å². The number of aromatic nitrogens is 2. The van der Waals surface area contributed by atoms with Gasteiger partial charge in [-0.3, -0.25) is 9.59 Å². The number of hydrogen-bond donors (Lipinski definition) is 1. The van der Waals surface area contributed by atoms with Gasteiger partial charge in [0.2, 0.25) is 5.91 Å². The predicted molar refractivity (Wildman–Crippen MR) is 99.1 cm³/mol. The van der Waals surface area contributed by atoms with Gasteiger partial charge in [0, 0.05) is 24.8 Å². The Labute approximate surface area is 159 Å². The van der Waals surface area contributed by atoms with E-state index in [1.165, 1.54) is 6.20 Å². The second-order valence-electron chi connectivity index (χ2n) is 6.68. The maximum absolute atomic E-state index is 13.2. The van der Waals surface area contributed by atoms with Gasteiger partial charge in [0.25, 0.3) is 5.56 Å². The summed E-state index contributed by atoms with van der Waals surface area (Å²) >= 11 is 6.21. The van der Waals surface area contributed by atoms with Gasteiger partial charge < -0.3 is 10.2 Å². The molecule has 0 spiro atoms. The molecule has 6 nitrogen and oxygen atoms in total. The molecule has 0 atom stereocenters. The summed E-state index contributed by atoms with van der Waals surface area (Å²) in [6, 6.07) is 2.65. The number of amides is 1. The lowest BCUT2D eigenvalue weighted by atomic mass is 9.99. The number of benzene rings is 1. The van der Waals surface area contributed by atoms with E-state index in [4.69, 9.17) is 11.6 Å². The number of anilines is 2. The van der Waals surface area contributed by atoms with Gasteiger partial charge in [0.05, 0.1) is 11.9 Å². The van der Waals surface area contributed by atoms with E-state index in [2.05, 4.69) is 17.3 Å². The van der Waals surface area contributed by atoms with E-state index >= 15 is 0 Å². The molecule has 1 aliphatic heterocycles. The summed E-state index contributed by atoms with van der Waals surface area (Å²) in [4.78, 5) is 26.5. The molecule has 2 aromatic rings. The number of rotatable bonds is 4. The molecule has 1 aromatic carbocycles. The van der Waals surface area contributed by atoms with Gasteiger partial charge in [0.15, 0.2) is 0 Å². The Morgan fingerprint density at radius 1 is 1.26 bits per heavy atom. The summed E-state index contributed by atoms with van der Waals surface area (Å²) in [6.07, 6.45) is 3.48. The van der Waals surface area contributed by atoms with Crippen LogP contribution in [0.25, 0.3) is 0 Å². The van der Waals surface area contributed by atoms with Crippen LogP contribution in [0.1, 0.15) is 19.8 Å². The van der Waals surface area contributed by atoms with Gasteiger partial charge in [-0.15, -0.1) is 0 Å². The molecule has 0 aliphatic carbocycles. The Morgan fingerprint density at radius 2 is 1.89 bits per heavy atom. The van der Waals surface area contributed by atoms with Gasteiger partial charge in [-0.1, -0.05) is 18.5 Å². The molecular weight excluding hydrogens is 378 g/mol. The van der Waals surface area contributed by atoms with Crippen LogP contribution in [0.4, 0.5) is 20.2 Å². The first-order valence-electron chi connectivity index (χ1n) is 8.60. The average Bonchev–Trinajstić information content (AvgIpc) is 2.59. The summed E-state index contributed by atoms with van der Waals surface area (Å²) in [5, 5.41) is 6.35. The summed E-state index contributed by atoms with van der Waals surface area (Å²) in [5.74, 6) is -1.65. The minimum atomic E-state index is -0.816. The zero-order chi connectivity index (χ0) is 19.6. The highest BCUT2D eigenvalue weighted by molar-refractivity contribution is 6.33. The Kier molecular flexibility index (Phi) is 5.74. The lowest BCUT2D eigenvalue weighted by Crippen LogP contribution is -2.36.